The summed E-state index contributed by atoms with van der Waals surface area (Å²) in [7, 11) is 0. The highest BCUT2D eigenvalue weighted by Gasteiger charge is 2.25. The van der Waals surface area contributed by atoms with E-state index in [4.69, 9.17) is 16.3 Å². The smallest absolute Gasteiger partial charge is 0.363 e. The number of carbonyl (C=O) groups excluding carboxylic acids is 1. The molecule has 0 amide bonds. The molecule has 0 saturated carbocycles. The third-order valence-electron chi connectivity index (χ3n) is 2.89. The Kier molecular flexibility index (Phi) is 3.42. The molecule has 0 unspecified atom stereocenters. The first-order valence-electron chi connectivity index (χ1n) is 5.97. The predicted octanol–water partition coefficient (Wildman–Crippen LogP) is 4.05. The molecule has 0 aliphatic carbocycles. The van der Waals surface area contributed by atoms with E-state index < -0.39 is 5.97 Å². The molecule has 0 radical (unpaired) electrons. The molecule has 0 fully saturated rings. The van der Waals surface area contributed by atoms with E-state index in [9.17, 15) is 4.79 Å². The number of ether oxygens (including phenoxy) is 1. The molecule has 2 aromatic rings. The molecule has 20 heavy (non-hydrogen) atoms. The van der Waals surface area contributed by atoms with Gasteiger partial charge in [0.15, 0.2) is 5.70 Å². The number of aliphatic imine (C=N–C) groups is 1. The molecule has 0 bridgehead atoms. The SMILES string of the molecule is Cc1ccsc1/C=C1/N=C(c2ccccc2Cl)OC1=O. The van der Waals surface area contributed by atoms with Crippen LogP contribution in [0.3, 0.4) is 0 Å². The van der Waals surface area contributed by atoms with Crippen LogP contribution >= 0.6 is 22.9 Å². The van der Waals surface area contributed by atoms with Crippen LogP contribution in [0.2, 0.25) is 5.02 Å². The van der Waals surface area contributed by atoms with Gasteiger partial charge >= 0.3 is 5.97 Å². The maximum Gasteiger partial charge on any atom is 0.363 e. The van der Waals surface area contributed by atoms with Crippen LogP contribution in [-0.4, -0.2) is 11.9 Å². The predicted molar refractivity (Wildman–Crippen MR) is 81.1 cm³/mol. The van der Waals surface area contributed by atoms with Crippen LogP contribution in [0.15, 0.2) is 46.4 Å². The Labute approximate surface area is 125 Å². The molecule has 1 aliphatic heterocycles. The fraction of sp³-hybridized carbons (Fsp3) is 0.0667. The molecule has 0 N–H and O–H groups in total. The minimum Gasteiger partial charge on any atom is -0.402 e. The summed E-state index contributed by atoms with van der Waals surface area (Å²) in [5.74, 6) is -0.200. The largest absolute Gasteiger partial charge is 0.402 e. The molecule has 0 atom stereocenters. The monoisotopic (exact) mass is 303 g/mol. The first-order valence-corrected chi connectivity index (χ1v) is 7.22. The van der Waals surface area contributed by atoms with E-state index in [2.05, 4.69) is 4.99 Å². The maximum absolute atomic E-state index is 11.9. The van der Waals surface area contributed by atoms with Gasteiger partial charge in [0, 0.05) is 4.88 Å². The van der Waals surface area contributed by atoms with Gasteiger partial charge in [-0.15, -0.1) is 11.3 Å². The number of hydrogen-bond donors (Lipinski definition) is 0. The van der Waals surface area contributed by atoms with Crippen LogP contribution < -0.4 is 0 Å². The molecule has 100 valence electrons. The average molecular weight is 304 g/mol. The van der Waals surface area contributed by atoms with Crippen LogP contribution in [0.4, 0.5) is 0 Å². The van der Waals surface area contributed by atoms with E-state index >= 15 is 0 Å². The number of carbonyl (C=O) groups is 1. The van der Waals surface area contributed by atoms with Gasteiger partial charge < -0.3 is 4.74 Å². The van der Waals surface area contributed by atoms with Crippen molar-refractivity contribution < 1.29 is 9.53 Å². The lowest BCUT2D eigenvalue weighted by Gasteiger charge is -2.00. The molecule has 3 rings (SSSR count). The van der Waals surface area contributed by atoms with Crippen LogP contribution in [-0.2, 0) is 9.53 Å². The second kappa shape index (κ2) is 5.23. The summed E-state index contributed by atoms with van der Waals surface area (Å²) in [6.45, 7) is 1.99. The van der Waals surface area contributed by atoms with Gasteiger partial charge in [0.1, 0.15) is 0 Å². The highest BCUT2D eigenvalue weighted by molar-refractivity contribution is 7.11. The molecule has 5 heteroatoms. The van der Waals surface area contributed by atoms with E-state index in [1.807, 2.05) is 30.5 Å². The molecule has 1 aliphatic rings. The maximum atomic E-state index is 11.9. The number of rotatable bonds is 2. The third kappa shape index (κ3) is 2.40. The van der Waals surface area contributed by atoms with Crippen molar-refractivity contribution in [2.45, 2.75) is 6.92 Å². The van der Waals surface area contributed by atoms with E-state index in [1.165, 1.54) is 0 Å². The first kappa shape index (κ1) is 13.1. The van der Waals surface area contributed by atoms with Crippen LogP contribution in [0.1, 0.15) is 16.0 Å². The summed E-state index contributed by atoms with van der Waals surface area (Å²) < 4.78 is 5.19. The van der Waals surface area contributed by atoms with Crippen molar-refractivity contribution in [1.29, 1.82) is 0 Å². The quantitative estimate of drug-likeness (QED) is 0.620. The zero-order valence-corrected chi connectivity index (χ0v) is 12.2. The minimum absolute atomic E-state index is 0.251. The lowest BCUT2D eigenvalue weighted by atomic mass is 10.2. The fourth-order valence-electron chi connectivity index (χ4n) is 1.82. The van der Waals surface area contributed by atoms with Crippen LogP contribution in [0.25, 0.3) is 6.08 Å². The summed E-state index contributed by atoms with van der Waals surface area (Å²) in [4.78, 5) is 17.1. The van der Waals surface area contributed by atoms with Gasteiger partial charge in [-0.2, -0.15) is 0 Å². The molecule has 0 spiro atoms. The van der Waals surface area contributed by atoms with Gasteiger partial charge in [-0.3, -0.25) is 0 Å². The van der Waals surface area contributed by atoms with Gasteiger partial charge in [0.2, 0.25) is 5.90 Å². The molecule has 1 aromatic heterocycles. The van der Waals surface area contributed by atoms with Crippen LogP contribution in [0.5, 0.6) is 0 Å². The van der Waals surface area contributed by atoms with Gasteiger partial charge in [-0.25, -0.2) is 9.79 Å². The normalized spacial score (nSPS) is 16.4. The van der Waals surface area contributed by atoms with Crippen LogP contribution in [0, 0.1) is 6.92 Å². The number of hydrogen-bond acceptors (Lipinski definition) is 4. The topological polar surface area (TPSA) is 38.7 Å². The van der Waals surface area contributed by atoms with Crippen molar-refractivity contribution in [2.75, 3.05) is 0 Å². The standard InChI is InChI=1S/C15H10ClNO2S/c1-9-6-7-20-13(9)8-12-15(18)19-14(17-12)10-4-2-3-5-11(10)16/h2-8H,1H3/b12-8+. The van der Waals surface area contributed by atoms with Crippen molar-refractivity contribution in [3.8, 4) is 0 Å². The van der Waals surface area contributed by atoms with E-state index in [-0.39, 0.29) is 5.90 Å². The number of nitrogens with zero attached hydrogens (tertiary/aromatic N) is 1. The number of cyclic esters (lactones) is 1. The van der Waals surface area contributed by atoms with E-state index in [0.717, 1.165) is 10.4 Å². The Morgan fingerprint density at radius 1 is 1.30 bits per heavy atom. The highest BCUT2D eigenvalue weighted by atomic mass is 35.5. The van der Waals surface area contributed by atoms with Gasteiger partial charge in [0.05, 0.1) is 10.6 Å². The van der Waals surface area contributed by atoms with E-state index in [0.29, 0.717) is 16.3 Å². The van der Waals surface area contributed by atoms with Crippen molar-refractivity contribution in [1.82, 2.24) is 0 Å². The minimum atomic E-state index is -0.451. The Bertz CT molecular complexity index is 746. The van der Waals surface area contributed by atoms with Gasteiger partial charge in [-0.05, 0) is 42.1 Å². The first-order chi connectivity index (χ1) is 9.65. The zero-order valence-electron chi connectivity index (χ0n) is 10.6. The number of aryl methyl sites for hydroxylation is 1. The Hall–Kier alpha value is -1.91. The molecular formula is C15H10ClNO2S. The summed E-state index contributed by atoms with van der Waals surface area (Å²) in [6.07, 6.45) is 1.74. The summed E-state index contributed by atoms with van der Waals surface area (Å²) in [5.41, 5.74) is 2.02. The summed E-state index contributed by atoms with van der Waals surface area (Å²) >= 11 is 7.64. The second-order valence-corrected chi connectivity index (χ2v) is 5.64. The Balaban J connectivity index is 2.00. The van der Waals surface area contributed by atoms with E-state index in [1.54, 1.807) is 29.5 Å². The average Bonchev–Trinajstić information content (AvgIpc) is 2.98. The van der Waals surface area contributed by atoms with Gasteiger partial charge in [-0.1, -0.05) is 23.7 Å². The molecule has 0 saturated heterocycles. The van der Waals surface area contributed by atoms with Crippen molar-refractivity contribution in [2.24, 2.45) is 4.99 Å². The lowest BCUT2D eigenvalue weighted by molar-refractivity contribution is -0.129. The van der Waals surface area contributed by atoms with Crippen molar-refractivity contribution in [3.05, 3.63) is 62.4 Å². The molecule has 1 aromatic carbocycles. The highest BCUT2D eigenvalue weighted by Crippen LogP contribution is 2.25. The second-order valence-electron chi connectivity index (χ2n) is 4.28. The van der Waals surface area contributed by atoms with Crippen molar-refractivity contribution in [3.63, 3.8) is 0 Å². The number of halogens is 1. The third-order valence-corrected chi connectivity index (χ3v) is 4.19. The zero-order chi connectivity index (χ0) is 14.1. The summed E-state index contributed by atoms with van der Waals surface area (Å²) in [6, 6.07) is 9.14. The number of esters is 1. The number of benzene rings is 1. The molecule has 2 heterocycles. The lowest BCUT2D eigenvalue weighted by Crippen LogP contribution is -2.05. The molecular weight excluding hydrogens is 294 g/mol. The summed E-state index contributed by atoms with van der Waals surface area (Å²) in [5, 5.41) is 2.48. The van der Waals surface area contributed by atoms with Gasteiger partial charge in [0.25, 0.3) is 0 Å². The Morgan fingerprint density at radius 3 is 2.80 bits per heavy atom. The fourth-order valence-corrected chi connectivity index (χ4v) is 2.88. The molecule has 3 nitrogen and oxygen atoms in total. The van der Waals surface area contributed by atoms with Crippen molar-refractivity contribution >= 4 is 40.9 Å². The Morgan fingerprint density at radius 2 is 2.10 bits per heavy atom. The number of thiophene rings is 1.